The van der Waals surface area contributed by atoms with Crippen molar-refractivity contribution in [3.8, 4) is 0 Å². The van der Waals surface area contributed by atoms with Crippen LogP contribution in [0.4, 0.5) is 0 Å². The van der Waals surface area contributed by atoms with Gasteiger partial charge in [-0.05, 0) is 25.0 Å². The summed E-state index contributed by atoms with van der Waals surface area (Å²) in [7, 11) is 0. The number of pyridine rings is 1. The Morgan fingerprint density at radius 3 is 2.81 bits per heavy atom. The Labute approximate surface area is 124 Å². The van der Waals surface area contributed by atoms with E-state index in [1.807, 2.05) is 30.3 Å². The fourth-order valence-electron chi connectivity index (χ4n) is 3.08. The summed E-state index contributed by atoms with van der Waals surface area (Å²) in [5, 5.41) is 13.5. The molecule has 4 nitrogen and oxygen atoms in total. The van der Waals surface area contributed by atoms with Crippen LogP contribution in [0.1, 0.15) is 36.0 Å². The Kier molecular flexibility index (Phi) is 3.88. The Morgan fingerprint density at radius 1 is 1.29 bits per heavy atom. The predicted molar refractivity (Wildman–Crippen MR) is 82.1 cm³/mol. The van der Waals surface area contributed by atoms with Gasteiger partial charge in [-0.3, -0.25) is 9.78 Å². The second-order valence-corrected chi connectivity index (χ2v) is 5.96. The molecule has 0 unspecified atom stereocenters. The number of fused-ring (bicyclic) bond motifs is 1. The molecule has 110 valence electrons. The van der Waals surface area contributed by atoms with E-state index in [0.29, 0.717) is 12.1 Å². The lowest BCUT2D eigenvalue weighted by molar-refractivity contribution is 0.0880. The molecule has 1 aromatic heterocycles. The maximum atomic E-state index is 12.3. The fraction of sp³-hybridized carbons (Fsp3) is 0.412. The molecule has 21 heavy (non-hydrogen) atoms. The lowest BCUT2D eigenvalue weighted by atomic mass is 9.87. The van der Waals surface area contributed by atoms with E-state index < -0.39 is 0 Å². The van der Waals surface area contributed by atoms with Gasteiger partial charge in [0.05, 0.1) is 17.7 Å². The van der Waals surface area contributed by atoms with Crippen LogP contribution in [0.3, 0.4) is 0 Å². The van der Waals surface area contributed by atoms with Gasteiger partial charge in [0.2, 0.25) is 0 Å². The lowest BCUT2D eigenvalue weighted by Crippen LogP contribution is -2.38. The number of aliphatic hydroxyl groups is 1. The smallest absolute Gasteiger partial charge is 0.252 e. The van der Waals surface area contributed by atoms with Gasteiger partial charge in [0, 0.05) is 23.5 Å². The van der Waals surface area contributed by atoms with Crippen molar-refractivity contribution < 1.29 is 9.90 Å². The number of nitrogens with one attached hydrogen (secondary N) is 1. The quantitative estimate of drug-likeness (QED) is 0.907. The van der Waals surface area contributed by atoms with E-state index in [1.54, 1.807) is 6.20 Å². The third-order valence-electron chi connectivity index (χ3n) is 4.48. The monoisotopic (exact) mass is 284 g/mol. The van der Waals surface area contributed by atoms with Crippen molar-refractivity contribution in [1.82, 2.24) is 10.3 Å². The van der Waals surface area contributed by atoms with Gasteiger partial charge >= 0.3 is 0 Å². The molecule has 3 rings (SSSR count). The molecule has 1 aromatic carbocycles. The average Bonchev–Trinajstić information content (AvgIpc) is 3.01. The molecule has 1 aliphatic carbocycles. The summed E-state index contributed by atoms with van der Waals surface area (Å²) in [6, 6.07) is 9.60. The number of para-hydroxylation sites is 1. The minimum Gasteiger partial charge on any atom is -0.396 e. The van der Waals surface area contributed by atoms with Crippen LogP contribution in [0.2, 0.25) is 0 Å². The highest BCUT2D eigenvalue weighted by atomic mass is 16.3. The number of carbonyl (C=O) groups excluding carboxylic acids is 1. The Balaban J connectivity index is 1.71. The van der Waals surface area contributed by atoms with Gasteiger partial charge in [0.25, 0.3) is 5.91 Å². The molecule has 2 N–H and O–H groups in total. The second kappa shape index (κ2) is 5.82. The molecule has 0 radical (unpaired) electrons. The van der Waals surface area contributed by atoms with Crippen molar-refractivity contribution in [2.24, 2.45) is 5.41 Å². The van der Waals surface area contributed by atoms with E-state index in [4.69, 9.17) is 0 Å². The summed E-state index contributed by atoms with van der Waals surface area (Å²) in [5.74, 6) is -0.118. The van der Waals surface area contributed by atoms with Gasteiger partial charge in [-0.15, -0.1) is 0 Å². The number of aliphatic hydroxyl groups excluding tert-OH is 1. The van der Waals surface area contributed by atoms with Gasteiger partial charge in [-0.2, -0.15) is 0 Å². The number of rotatable bonds is 4. The molecule has 0 atom stereocenters. The van der Waals surface area contributed by atoms with Crippen molar-refractivity contribution in [2.75, 3.05) is 13.2 Å². The highest BCUT2D eigenvalue weighted by Gasteiger charge is 2.33. The van der Waals surface area contributed by atoms with Gasteiger partial charge in [-0.25, -0.2) is 0 Å². The largest absolute Gasteiger partial charge is 0.396 e. The summed E-state index contributed by atoms with van der Waals surface area (Å²) in [5.41, 5.74) is 1.33. The summed E-state index contributed by atoms with van der Waals surface area (Å²) in [6.07, 6.45) is 5.85. The van der Waals surface area contributed by atoms with E-state index in [9.17, 15) is 9.90 Å². The number of amides is 1. The number of benzene rings is 1. The molecule has 2 aromatic rings. The average molecular weight is 284 g/mol. The highest BCUT2D eigenvalue weighted by Crippen LogP contribution is 2.36. The van der Waals surface area contributed by atoms with Crippen molar-refractivity contribution in [1.29, 1.82) is 0 Å². The van der Waals surface area contributed by atoms with Crippen LogP contribution in [-0.4, -0.2) is 29.1 Å². The zero-order valence-corrected chi connectivity index (χ0v) is 12.0. The maximum absolute atomic E-state index is 12.3. The summed E-state index contributed by atoms with van der Waals surface area (Å²) in [6.45, 7) is 0.679. The van der Waals surface area contributed by atoms with Gasteiger partial charge in [0.1, 0.15) is 0 Å². The second-order valence-electron chi connectivity index (χ2n) is 5.96. The van der Waals surface area contributed by atoms with Crippen LogP contribution in [0.15, 0.2) is 36.5 Å². The third kappa shape index (κ3) is 2.90. The first kappa shape index (κ1) is 14.0. The zero-order chi connectivity index (χ0) is 14.7. The van der Waals surface area contributed by atoms with Gasteiger partial charge < -0.3 is 10.4 Å². The molecule has 1 aliphatic rings. The molecule has 4 heteroatoms. The molecule has 1 saturated carbocycles. The molecule has 0 aliphatic heterocycles. The Bertz CT molecular complexity index is 648. The molecule has 1 heterocycles. The third-order valence-corrected chi connectivity index (χ3v) is 4.48. The minimum absolute atomic E-state index is 0.118. The Hall–Kier alpha value is -1.94. The first-order valence-corrected chi connectivity index (χ1v) is 7.46. The SMILES string of the molecule is O=C(NCC1(CO)CCCC1)c1cnc2ccccc2c1. The van der Waals surface area contributed by atoms with E-state index in [-0.39, 0.29) is 17.9 Å². The number of carbonyl (C=O) groups is 1. The summed E-state index contributed by atoms with van der Waals surface area (Å²) >= 11 is 0. The van der Waals surface area contributed by atoms with E-state index in [2.05, 4.69) is 10.3 Å². The lowest BCUT2D eigenvalue weighted by Gasteiger charge is -2.26. The predicted octanol–water partition coefficient (Wildman–Crippen LogP) is 2.52. The zero-order valence-electron chi connectivity index (χ0n) is 12.0. The van der Waals surface area contributed by atoms with E-state index in [0.717, 1.165) is 36.6 Å². The van der Waals surface area contributed by atoms with Crippen molar-refractivity contribution in [2.45, 2.75) is 25.7 Å². The molecule has 0 saturated heterocycles. The molecule has 0 spiro atoms. The van der Waals surface area contributed by atoms with Crippen LogP contribution in [0, 0.1) is 5.41 Å². The van der Waals surface area contributed by atoms with E-state index in [1.165, 1.54) is 0 Å². The van der Waals surface area contributed by atoms with Crippen LogP contribution in [0.5, 0.6) is 0 Å². The van der Waals surface area contributed by atoms with Gasteiger partial charge in [-0.1, -0.05) is 31.0 Å². The minimum atomic E-state index is -0.125. The number of hydrogen-bond acceptors (Lipinski definition) is 3. The molecular weight excluding hydrogens is 264 g/mol. The summed E-state index contributed by atoms with van der Waals surface area (Å²) in [4.78, 5) is 16.6. The van der Waals surface area contributed by atoms with Crippen LogP contribution < -0.4 is 5.32 Å². The maximum Gasteiger partial charge on any atom is 0.252 e. The van der Waals surface area contributed by atoms with Crippen LogP contribution >= 0.6 is 0 Å². The Morgan fingerprint density at radius 2 is 2.05 bits per heavy atom. The molecule has 0 bridgehead atoms. The first-order valence-electron chi connectivity index (χ1n) is 7.46. The number of aromatic nitrogens is 1. The topological polar surface area (TPSA) is 62.2 Å². The van der Waals surface area contributed by atoms with Crippen LogP contribution in [0.25, 0.3) is 10.9 Å². The molecule has 1 amide bonds. The molecular formula is C17H20N2O2. The first-order chi connectivity index (χ1) is 10.2. The van der Waals surface area contributed by atoms with E-state index >= 15 is 0 Å². The van der Waals surface area contributed by atoms with Crippen molar-refractivity contribution in [3.63, 3.8) is 0 Å². The van der Waals surface area contributed by atoms with Crippen molar-refractivity contribution >= 4 is 16.8 Å². The fourth-order valence-corrected chi connectivity index (χ4v) is 3.08. The number of hydrogen-bond donors (Lipinski definition) is 2. The van der Waals surface area contributed by atoms with Crippen LogP contribution in [-0.2, 0) is 0 Å². The van der Waals surface area contributed by atoms with Crippen molar-refractivity contribution in [3.05, 3.63) is 42.1 Å². The summed E-state index contributed by atoms with van der Waals surface area (Å²) < 4.78 is 0. The normalized spacial score (nSPS) is 17.0. The molecule has 1 fully saturated rings. The van der Waals surface area contributed by atoms with Gasteiger partial charge in [0.15, 0.2) is 0 Å². The highest BCUT2D eigenvalue weighted by molar-refractivity contribution is 5.97. The number of nitrogens with zero attached hydrogens (tertiary/aromatic N) is 1. The standard InChI is InChI=1S/C17H20N2O2/c20-12-17(7-3-4-8-17)11-19-16(21)14-9-13-5-1-2-6-15(13)18-10-14/h1-2,5-6,9-10,20H,3-4,7-8,11-12H2,(H,19,21).